The van der Waals surface area contributed by atoms with Crippen LogP contribution in [-0.2, 0) is 17.6 Å². The van der Waals surface area contributed by atoms with Crippen LogP contribution in [0.1, 0.15) is 5.82 Å². The Morgan fingerprint density at radius 1 is 1.59 bits per heavy atom. The third kappa shape index (κ3) is 2.73. The lowest BCUT2D eigenvalue weighted by Gasteiger charge is -2.00. The standard InChI is InChI=1S/C11H11ClN2O2S/c1-14-9-4-7(12)2-3-8(9)13-10(14)5-17-6-11(15)16/h2-4H,5-6H2,1H3,(H,15,16). The van der Waals surface area contributed by atoms with Crippen LogP contribution in [0.3, 0.4) is 0 Å². The van der Waals surface area contributed by atoms with E-state index in [0.717, 1.165) is 16.9 Å². The van der Waals surface area contributed by atoms with E-state index in [1.54, 1.807) is 6.07 Å². The molecule has 0 aliphatic rings. The molecule has 0 amide bonds. The number of halogens is 1. The molecule has 0 saturated carbocycles. The number of benzene rings is 1. The molecule has 0 saturated heterocycles. The molecule has 1 N–H and O–H groups in total. The van der Waals surface area contributed by atoms with Gasteiger partial charge in [-0.3, -0.25) is 4.79 Å². The molecule has 2 rings (SSSR count). The van der Waals surface area contributed by atoms with Crippen LogP contribution in [0.15, 0.2) is 18.2 Å². The van der Waals surface area contributed by atoms with Crippen molar-refractivity contribution in [2.24, 2.45) is 7.05 Å². The van der Waals surface area contributed by atoms with Crippen molar-refractivity contribution in [2.75, 3.05) is 5.75 Å². The number of rotatable bonds is 4. The summed E-state index contributed by atoms with van der Waals surface area (Å²) in [5, 5.41) is 9.24. The van der Waals surface area contributed by atoms with E-state index in [-0.39, 0.29) is 5.75 Å². The summed E-state index contributed by atoms with van der Waals surface area (Å²) in [6, 6.07) is 5.52. The van der Waals surface area contributed by atoms with E-state index in [4.69, 9.17) is 16.7 Å². The van der Waals surface area contributed by atoms with E-state index >= 15 is 0 Å². The van der Waals surface area contributed by atoms with Crippen molar-refractivity contribution in [1.29, 1.82) is 0 Å². The molecule has 0 radical (unpaired) electrons. The molecule has 0 spiro atoms. The van der Waals surface area contributed by atoms with E-state index in [2.05, 4.69) is 4.98 Å². The first-order valence-electron chi connectivity index (χ1n) is 4.98. The van der Waals surface area contributed by atoms with Gasteiger partial charge in [-0.05, 0) is 18.2 Å². The summed E-state index contributed by atoms with van der Waals surface area (Å²) in [6.07, 6.45) is 0. The molecular formula is C11H11ClN2O2S. The molecular weight excluding hydrogens is 260 g/mol. The van der Waals surface area contributed by atoms with Gasteiger partial charge in [0.1, 0.15) is 5.82 Å². The third-order valence-corrected chi connectivity index (χ3v) is 3.54. The average molecular weight is 271 g/mol. The largest absolute Gasteiger partial charge is 0.481 e. The van der Waals surface area contributed by atoms with E-state index in [1.165, 1.54) is 11.8 Å². The monoisotopic (exact) mass is 270 g/mol. The Balaban J connectivity index is 2.23. The van der Waals surface area contributed by atoms with Gasteiger partial charge in [0.15, 0.2) is 0 Å². The van der Waals surface area contributed by atoms with E-state index in [9.17, 15) is 4.79 Å². The van der Waals surface area contributed by atoms with Crippen molar-refractivity contribution in [3.05, 3.63) is 29.0 Å². The number of nitrogens with zero attached hydrogens (tertiary/aromatic N) is 2. The van der Waals surface area contributed by atoms with Crippen molar-refractivity contribution >= 4 is 40.4 Å². The fraction of sp³-hybridized carbons (Fsp3) is 0.273. The molecule has 0 aliphatic carbocycles. The number of fused-ring (bicyclic) bond motifs is 1. The molecule has 6 heteroatoms. The minimum absolute atomic E-state index is 0.0873. The second kappa shape index (κ2) is 4.98. The number of imidazole rings is 1. The minimum atomic E-state index is -0.809. The Hall–Kier alpha value is -1.20. The molecule has 1 aromatic heterocycles. The Labute approximate surface area is 108 Å². The molecule has 2 aromatic rings. The van der Waals surface area contributed by atoms with Crippen LogP contribution in [0.2, 0.25) is 5.02 Å². The maximum absolute atomic E-state index is 10.4. The van der Waals surface area contributed by atoms with Crippen LogP contribution in [0.4, 0.5) is 0 Å². The molecule has 0 bridgehead atoms. The first-order chi connectivity index (χ1) is 8.08. The lowest BCUT2D eigenvalue weighted by molar-refractivity contribution is -0.133. The van der Waals surface area contributed by atoms with Crippen LogP contribution < -0.4 is 0 Å². The first kappa shape index (κ1) is 12.3. The topological polar surface area (TPSA) is 55.1 Å². The summed E-state index contributed by atoms with van der Waals surface area (Å²) in [5.41, 5.74) is 1.84. The van der Waals surface area contributed by atoms with Crippen molar-refractivity contribution in [3.8, 4) is 0 Å². The fourth-order valence-electron chi connectivity index (χ4n) is 1.57. The first-order valence-corrected chi connectivity index (χ1v) is 6.51. The van der Waals surface area contributed by atoms with Gasteiger partial charge in [0.2, 0.25) is 0 Å². The number of hydrogen-bond acceptors (Lipinski definition) is 3. The summed E-state index contributed by atoms with van der Waals surface area (Å²) >= 11 is 7.25. The highest BCUT2D eigenvalue weighted by molar-refractivity contribution is 7.99. The average Bonchev–Trinajstić information content (AvgIpc) is 2.56. The Bertz CT molecular complexity index is 568. The van der Waals surface area contributed by atoms with Crippen molar-refractivity contribution in [2.45, 2.75) is 5.75 Å². The number of aliphatic carboxylic acids is 1. The molecule has 1 aromatic carbocycles. The van der Waals surface area contributed by atoms with Crippen LogP contribution in [-0.4, -0.2) is 26.4 Å². The van der Waals surface area contributed by atoms with E-state index in [1.807, 2.05) is 23.7 Å². The minimum Gasteiger partial charge on any atom is -0.481 e. The Morgan fingerprint density at radius 2 is 2.35 bits per heavy atom. The van der Waals surface area contributed by atoms with Gasteiger partial charge in [0.05, 0.1) is 22.5 Å². The zero-order valence-electron chi connectivity index (χ0n) is 9.18. The predicted octanol–water partition coefficient (Wildman–Crippen LogP) is 2.54. The number of thioether (sulfide) groups is 1. The zero-order valence-corrected chi connectivity index (χ0v) is 10.8. The van der Waals surface area contributed by atoms with Gasteiger partial charge in [-0.25, -0.2) is 4.98 Å². The van der Waals surface area contributed by atoms with Crippen LogP contribution >= 0.6 is 23.4 Å². The highest BCUT2D eigenvalue weighted by Gasteiger charge is 2.08. The van der Waals surface area contributed by atoms with Crippen LogP contribution in [0.5, 0.6) is 0 Å². The second-order valence-electron chi connectivity index (χ2n) is 3.61. The van der Waals surface area contributed by atoms with Gasteiger partial charge in [0, 0.05) is 12.1 Å². The summed E-state index contributed by atoms with van der Waals surface area (Å²) in [7, 11) is 1.91. The predicted molar refractivity (Wildman–Crippen MR) is 69.5 cm³/mol. The summed E-state index contributed by atoms with van der Waals surface area (Å²) in [4.78, 5) is 14.9. The molecule has 0 unspecified atom stereocenters. The maximum atomic E-state index is 10.4. The molecule has 90 valence electrons. The second-order valence-corrected chi connectivity index (χ2v) is 5.03. The number of aryl methyl sites for hydroxylation is 1. The van der Waals surface area contributed by atoms with E-state index in [0.29, 0.717) is 10.8 Å². The molecule has 4 nitrogen and oxygen atoms in total. The van der Waals surface area contributed by atoms with E-state index < -0.39 is 5.97 Å². The lowest BCUT2D eigenvalue weighted by Crippen LogP contribution is -2.01. The molecule has 0 atom stereocenters. The van der Waals surface area contributed by atoms with Gasteiger partial charge in [-0.15, -0.1) is 11.8 Å². The van der Waals surface area contributed by atoms with Crippen molar-refractivity contribution < 1.29 is 9.90 Å². The van der Waals surface area contributed by atoms with Crippen LogP contribution in [0, 0.1) is 0 Å². The molecule has 17 heavy (non-hydrogen) atoms. The highest BCUT2D eigenvalue weighted by Crippen LogP contribution is 2.21. The zero-order chi connectivity index (χ0) is 12.4. The van der Waals surface area contributed by atoms with Gasteiger partial charge >= 0.3 is 5.97 Å². The van der Waals surface area contributed by atoms with Crippen LogP contribution in [0.25, 0.3) is 11.0 Å². The van der Waals surface area contributed by atoms with Gasteiger partial charge < -0.3 is 9.67 Å². The third-order valence-electron chi connectivity index (χ3n) is 2.39. The number of carbonyl (C=O) groups is 1. The smallest absolute Gasteiger partial charge is 0.313 e. The molecule has 0 fully saturated rings. The maximum Gasteiger partial charge on any atom is 0.313 e. The SMILES string of the molecule is Cn1c(CSCC(=O)O)nc2ccc(Cl)cc21. The van der Waals surface area contributed by atoms with Gasteiger partial charge in [0.25, 0.3) is 0 Å². The lowest BCUT2D eigenvalue weighted by atomic mass is 10.3. The highest BCUT2D eigenvalue weighted by atomic mass is 35.5. The van der Waals surface area contributed by atoms with Gasteiger partial charge in [-0.2, -0.15) is 0 Å². The normalized spacial score (nSPS) is 10.9. The summed E-state index contributed by atoms with van der Waals surface area (Å²) in [6.45, 7) is 0. The Kier molecular flexibility index (Phi) is 3.59. The number of carboxylic acid groups (broad SMARTS) is 1. The quantitative estimate of drug-likeness (QED) is 0.928. The van der Waals surface area contributed by atoms with Crippen molar-refractivity contribution in [3.63, 3.8) is 0 Å². The fourth-order valence-corrected chi connectivity index (χ4v) is 2.46. The summed E-state index contributed by atoms with van der Waals surface area (Å²) in [5.74, 6) is 0.712. The number of aromatic nitrogens is 2. The molecule has 1 heterocycles. The number of carboxylic acids is 1. The Morgan fingerprint density at radius 3 is 3.06 bits per heavy atom. The summed E-state index contributed by atoms with van der Waals surface area (Å²) < 4.78 is 1.94. The van der Waals surface area contributed by atoms with Crippen molar-refractivity contribution in [1.82, 2.24) is 9.55 Å². The van der Waals surface area contributed by atoms with Gasteiger partial charge in [-0.1, -0.05) is 11.6 Å². The molecule has 0 aliphatic heterocycles. The number of hydrogen-bond donors (Lipinski definition) is 1.